The van der Waals surface area contributed by atoms with Crippen LogP contribution in [0.5, 0.6) is 0 Å². The molecule has 0 heteroatoms. The van der Waals surface area contributed by atoms with Crippen molar-refractivity contribution in [1.82, 2.24) is 0 Å². The predicted molar refractivity (Wildman–Crippen MR) is 55.2 cm³/mol. The molecule has 0 aromatic rings. The maximum absolute atomic E-state index is 2.29. The molecule has 1 aliphatic rings. The van der Waals surface area contributed by atoms with Crippen LogP contribution in [0.3, 0.4) is 0 Å². The second-order valence-electron chi connectivity index (χ2n) is 3.55. The van der Waals surface area contributed by atoms with Crippen LogP contribution in [-0.2, 0) is 0 Å². The molecule has 0 heterocycles. The summed E-state index contributed by atoms with van der Waals surface area (Å²) in [5, 5.41) is 0. The summed E-state index contributed by atoms with van der Waals surface area (Å²) in [6, 6.07) is 0. The van der Waals surface area contributed by atoms with Crippen LogP contribution in [0.4, 0.5) is 0 Å². The molecule has 0 radical (unpaired) electrons. The van der Waals surface area contributed by atoms with Crippen LogP contribution in [0.25, 0.3) is 0 Å². The Labute approximate surface area is 76.4 Å². The minimum atomic E-state index is 1.27. The van der Waals surface area contributed by atoms with E-state index < -0.39 is 0 Å². The summed E-state index contributed by atoms with van der Waals surface area (Å²) in [6.45, 7) is 0. The first-order valence-corrected chi connectivity index (χ1v) is 5.32. The van der Waals surface area contributed by atoms with E-state index >= 15 is 0 Å². The number of hydrogen-bond acceptors (Lipinski definition) is 0. The first kappa shape index (κ1) is 9.57. The molecule has 0 fully saturated rings. The molecule has 68 valence electrons. The molecule has 12 heavy (non-hydrogen) atoms. The van der Waals surface area contributed by atoms with E-state index in [4.69, 9.17) is 0 Å². The van der Waals surface area contributed by atoms with Crippen molar-refractivity contribution in [2.24, 2.45) is 0 Å². The first-order valence-electron chi connectivity index (χ1n) is 5.32. The summed E-state index contributed by atoms with van der Waals surface area (Å²) in [5.74, 6) is 0. The zero-order valence-electron chi connectivity index (χ0n) is 7.97. The third kappa shape index (κ3) is 5.17. The summed E-state index contributed by atoms with van der Waals surface area (Å²) in [6.07, 6.45) is 20.0. The largest absolute Gasteiger partial charge is 0.0845 e. The minimum absolute atomic E-state index is 1.27. The van der Waals surface area contributed by atoms with Gasteiger partial charge in [-0.15, -0.1) is 0 Å². The molecule has 0 aromatic carbocycles. The summed E-state index contributed by atoms with van der Waals surface area (Å²) < 4.78 is 0. The Hall–Kier alpha value is -0.520. The molecule has 0 amide bonds. The highest BCUT2D eigenvalue weighted by Crippen LogP contribution is 2.10. The highest BCUT2D eigenvalue weighted by atomic mass is 14.0. The topological polar surface area (TPSA) is 0 Å². The lowest BCUT2D eigenvalue weighted by Crippen LogP contribution is -1.80. The van der Waals surface area contributed by atoms with Crippen LogP contribution in [0.15, 0.2) is 24.3 Å². The minimum Gasteiger partial charge on any atom is -0.0845 e. The highest BCUT2D eigenvalue weighted by molar-refractivity contribution is 5.02. The molecule has 0 saturated carbocycles. The average Bonchev–Trinajstić information content (AvgIpc) is 2.05. The summed E-state index contributed by atoms with van der Waals surface area (Å²) >= 11 is 0. The number of allylic oxidation sites excluding steroid dienone is 4. The molecule has 0 bridgehead atoms. The molecule has 0 N–H and O–H groups in total. The number of hydrogen-bond donors (Lipinski definition) is 0. The third-order valence-corrected chi connectivity index (χ3v) is 2.37. The maximum Gasteiger partial charge on any atom is -0.0348 e. The fourth-order valence-corrected chi connectivity index (χ4v) is 1.58. The molecule has 1 aliphatic carbocycles. The van der Waals surface area contributed by atoms with E-state index in [1.165, 1.54) is 51.4 Å². The van der Waals surface area contributed by atoms with Crippen LogP contribution in [-0.4, -0.2) is 0 Å². The van der Waals surface area contributed by atoms with E-state index in [1.807, 2.05) is 0 Å². The molecule has 0 aromatic heterocycles. The fourth-order valence-electron chi connectivity index (χ4n) is 1.58. The monoisotopic (exact) mass is 164 g/mol. The van der Waals surface area contributed by atoms with Crippen molar-refractivity contribution in [1.29, 1.82) is 0 Å². The molecule has 0 nitrogen and oxygen atoms in total. The zero-order chi connectivity index (χ0) is 8.49. The second kappa shape index (κ2) is 7.15. The van der Waals surface area contributed by atoms with Crippen molar-refractivity contribution in [2.75, 3.05) is 0 Å². The molecule has 0 atom stereocenters. The predicted octanol–water partition coefficient (Wildman–Crippen LogP) is 4.23. The molecular formula is C12H20. The van der Waals surface area contributed by atoms with E-state index in [-0.39, 0.29) is 0 Å². The fraction of sp³-hybridized carbons (Fsp3) is 0.667. The van der Waals surface area contributed by atoms with Gasteiger partial charge in [0.05, 0.1) is 0 Å². The Morgan fingerprint density at radius 2 is 0.917 bits per heavy atom. The summed E-state index contributed by atoms with van der Waals surface area (Å²) in [4.78, 5) is 0. The quantitative estimate of drug-likeness (QED) is 0.502. The normalized spacial score (nSPS) is 26.7. The van der Waals surface area contributed by atoms with Gasteiger partial charge >= 0.3 is 0 Å². The van der Waals surface area contributed by atoms with E-state index in [2.05, 4.69) is 24.3 Å². The lowest BCUT2D eigenvalue weighted by molar-refractivity contribution is 0.599. The average molecular weight is 164 g/mol. The molecule has 0 saturated heterocycles. The van der Waals surface area contributed by atoms with Crippen molar-refractivity contribution < 1.29 is 0 Å². The van der Waals surface area contributed by atoms with Crippen molar-refractivity contribution in [3.8, 4) is 0 Å². The molecule has 0 unspecified atom stereocenters. The van der Waals surface area contributed by atoms with Crippen LogP contribution >= 0.6 is 0 Å². The molecule has 1 rings (SSSR count). The van der Waals surface area contributed by atoms with Crippen molar-refractivity contribution in [3.63, 3.8) is 0 Å². The van der Waals surface area contributed by atoms with Gasteiger partial charge in [0.2, 0.25) is 0 Å². The Morgan fingerprint density at radius 1 is 0.500 bits per heavy atom. The van der Waals surface area contributed by atoms with Gasteiger partial charge in [-0.3, -0.25) is 0 Å². The SMILES string of the molecule is C1=C\CCCCCCCC/C=C/1. The van der Waals surface area contributed by atoms with E-state index in [1.54, 1.807) is 0 Å². The summed E-state index contributed by atoms with van der Waals surface area (Å²) in [7, 11) is 0. The molecular weight excluding hydrogens is 144 g/mol. The van der Waals surface area contributed by atoms with Crippen molar-refractivity contribution in [3.05, 3.63) is 24.3 Å². The molecule has 0 aliphatic heterocycles. The van der Waals surface area contributed by atoms with Gasteiger partial charge in [0.25, 0.3) is 0 Å². The van der Waals surface area contributed by atoms with Crippen LogP contribution in [0.1, 0.15) is 51.4 Å². The van der Waals surface area contributed by atoms with Crippen LogP contribution in [0, 0.1) is 0 Å². The van der Waals surface area contributed by atoms with Gasteiger partial charge in [0.1, 0.15) is 0 Å². The zero-order valence-corrected chi connectivity index (χ0v) is 7.97. The van der Waals surface area contributed by atoms with Gasteiger partial charge in [-0.25, -0.2) is 0 Å². The highest BCUT2D eigenvalue weighted by Gasteiger charge is 1.90. The van der Waals surface area contributed by atoms with E-state index in [0.29, 0.717) is 0 Å². The molecule has 0 spiro atoms. The van der Waals surface area contributed by atoms with Gasteiger partial charge in [-0.05, 0) is 25.7 Å². The van der Waals surface area contributed by atoms with E-state index in [0.717, 1.165) is 0 Å². The Bertz CT molecular complexity index is 124. The summed E-state index contributed by atoms with van der Waals surface area (Å²) in [5.41, 5.74) is 0. The van der Waals surface area contributed by atoms with Crippen molar-refractivity contribution >= 4 is 0 Å². The first-order chi connectivity index (χ1) is 6.00. The third-order valence-electron chi connectivity index (χ3n) is 2.37. The van der Waals surface area contributed by atoms with Gasteiger partial charge in [0.15, 0.2) is 0 Å². The van der Waals surface area contributed by atoms with Gasteiger partial charge < -0.3 is 0 Å². The van der Waals surface area contributed by atoms with Gasteiger partial charge in [-0.2, -0.15) is 0 Å². The van der Waals surface area contributed by atoms with Crippen LogP contribution < -0.4 is 0 Å². The second-order valence-corrected chi connectivity index (χ2v) is 3.55. The van der Waals surface area contributed by atoms with Gasteiger partial charge in [0, 0.05) is 0 Å². The van der Waals surface area contributed by atoms with Gasteiger partial charge in [-0.1, -0.05) is 50.0 Å². The van der Waals surface area contributed by atoms with Crippen molar-refractivity contribution in [2.45, 2.75) is 51.4 Å². The lowest BCUT2D eigenvalue weighted by Gasteiger charge is -1.99. The number of rotatable bonds is 0. The Morgan fingerprint density at radius 3 is 1.42 bits per heavy atom. The standard InChI is InChI=1S/C12H20/c1-2-4-6-8-10-12-11-9-7-5-3-1/h1-4H,5-12H2/b3-1-,4-2+. The Balaban J connectivity index is 2.21. The smallest absolute Gasteiger partial charge is 0.0348 e. The maximum atomic E-state index is 2.29. The Kier molecular flexibility index (Phi) is 5.70. The van der Waals surface area contributed by atoms with Crippen LogP contribution in [0.2, 0.25) is 0 Å². The lowest BCUT2D eigenvalue weighted by atomic mass is 10.1. The van der Waals surface area contributed by atoms with E-state index in [9.17, 15) is 0 Å².